The van der Waals surface area contributed by atoms with E-state index in [1.165, 1.54) is 5.56 Å². The van der Waals surface area contributed by atoms with E-state index in [4.69, 9.17) is 4.74 Å². The Labute approximate surface area is 139 Å². The van der Waals surface area contributed by atoms with Crippen molar-refractivity contribution >= 4 is 5.69 Å². The Kier molecular flexibility index (Phi) is 5.65. The summed E-state index contributed by atoms with van der Waals surface area (Å²) in [5.74, 6) is 0.742. The second-order valence-corrected chi connectivity index (χ2v) is 5.87. The highest BCUT2D eigenvalue weighted by atomic mass is 16.5. The number of aryl methyl sites for hydroxylation is 1. The van der Waals surface area contributed by atoms with E-state index in [0.717, 1.165) is 29.0 Å². The van der Waals surface area contributed by atoms with Crippen LogP contribution in [0.25, 0.3) is 0 Å². The van der Waals surface area contributed by atoms with Gasteiger partial charge in [-0.1, -0.05) is 31.2 Å². The van der Waals surface area contributed by atoms with Gasteiger partial charge >= 0.3 is 0 Å². The van der Waals surface area contributed by atoms with Crippen LogP contribution >= 0.6 is 0 Å². The van der Waals surface area contributed by atoms with Gasteiger partial charge < -0.3 is 9.64 Å². The predicted octanol–water partition coefficient (Wildman–Crippen LogP) is 4.17. The molecule has 0 saturated heterocycles. The van der Waals surface area contributed by atoms with Gasteiger partial charge in [0.2, 0.25) is 0 Å². The maximum Gasteiger partial charge on any atom is 0.122 e. The van der Waals surface area contributed by atoms with Crippen LogP contribution in [0.2, 0.25) is 0 Å². The van der Waals surface area contributed by atoms with Gasteiger partial charge in [0.1, 0.15) is 5.75 Å². The van der Waals surface area contributed by atoms with E-state index in [9.17, 15) is 5.26 Å². The maximum absolute atomic E-state index is 9.62. The highest BCUT2D eigenvalue weighted by Gasteiger charge is 2.14. The number of benzene rings is 2. The normalized spacial score (nSPS) is 11.6. The van der Waals surface area contributed by atoms with Crippen molar-refractivity contribution in [3.8, 4) is 11.8 Å². The average Bonchev–Trinajstić information content (AvgIpc) is 2.59. The van der Waals surface area contributed by atoms with E-state index >= 15 is 0 Å². The molecule has 0 radical (unpaired) electrons. The van der Waals surface area contributed by atoms with Crippen LogP contribution < -0.4 is 9.64 Å². The van der Waals surface area contributed by atoms with Gasteiger partial charge in [-0.05, 0) is 47.7 Å². The Hall–Kier alpha value is -2.47. The molecule has 120 valence electrons. The summed E-state index contributed by atoms with van der Waals surface area (Å²) in [6, 6.07) is 16.9. The molecule has 2 aromatic carbocycles. The van der Waals surface area contributed by atoms with Gasteiger partial charge in [0.15, 0.2) is 0 Å². The lowest BCUT2D eigenvalue weighted by atomic mass is 9.91. The smallest absolute Gasteiger partial charge is 0.122 e. The fourth-order valence-electron chi connectivity index (χ4n) is 2.73. The number of ether oxygens (including phenoxy) is 1. The number of nitriles is 1. The Balaban J connectivity index is 2.27. The van der Waals surface area contributed by atoms with Gasteiger partial charge in [-0.25, -0.2) is 0 Å². The molecule has 1 atom stereocenters. The van der Waals surface area contributed by atoms with Crippen LogP contribution in [0.5, 0.6) is 5.75 Å². The second kappa shape index (κ2) is 7.69. The van der Waals surface area contributed by atoms with Crippen molar-refractivity contribution in [3.63, 3.8) is 0 Å². The molecule has 2 rings (SSSR count). The Morgan fingerprint density at radius 3 is 2.57 bits per heavy atom. The summed E-state index contributed by atoms with van der Waals surface area (Å²) in [6.07, 6.45) is 1.61. The maximum atomic E-state index is 9.62. The van der Waals surface area contributed by atoms with Crippen LogP contribution in [-0.2, 0) is 12.8 Å². The molecule has 0 bridgehead atoms. The molecule has 0 saturated carbocycles. The first-order chi connectivity index (χ1) is 11.1. The predicted molar refractivity (Wildman–Crippen MR) is 95.2 cm³/mol. The first kappa shape index (κ1) is 16.9. The van der Waals surface area contributed by atoms with Crippen molar-refractivity contribution < 1.29 is 4.74 Å². The van der Waals surface area contributed by atoms with Gasteiger partial charge in [0, 0.05) is 19.8 Å². The number of hydrogen-bond acceptors (Lipinski definition) is 3. The Morgan fingerprint density at radius 2 is 1.96 bits per heavy atom. The molecule has 0 fully saturated rings. The molecule has 3 heteroatoms. The van der Waals surface area contributed by atoms with Crippen LogP contribution in [0.3, 0.4) is 0 Å². The van der Waals surface area contributed by atoms with E-state index in [0.29, 0.717) is 6.42 Å². The lowest BCUT2D eigenvalue weighted by Crippen LogP contribution is -2.09. The summed E-state index contributed by atoms with van der Waals surface area (Å²) in [7, 11) is 5.73. The second-order valence-electron chi connectivity index (χ2n) is 5.87. The highest BCUT2D eigenvalue weighted by Crippen LogP contribution is 2.27. The first-order valence-corrected chi connectivity index (χ1v) is 7.91. The van der Waals surface area contributed by atoms with Gasteiger partial charge in [-0.3, -0.25) is 0 Å². The average molecular weight is 308 g/mol. The van der Waals surface area contributed by atoms with E-state index in [-0.39, 0.29) is 5.92 Å². The summed E-state index contributed by atoms with van der Waals surface area (Å²) in [6.45, 7) is 2.10. The van der Waals surface area contributed by atoms with E-state index in [1.807, 2.05) is 32.3 Å². The largest absolute Gasteiger partial charge is 0.496 e. The fourth-order valence-corrected chi connectivity index (χ4v) is 2.73. The molecule has 0 aliphatic heterocycles. The van der Waals surface area contributed by atoms with E-state index in [1.54, 1.807) is 7.11 Å². The zero-order valence-electron chi connectivity index (χ0n) is 14.3. The lowest BCUT2D eigenvalue weighted by Gasteiger charge is -2.16. The van der Waals surface area contributed by atoms with Gasteiger partial charge in [-0.15, -0.1) is 0 Å². The third kappa shape index (κ3) is 4.04. The van der Waals surface area contributed by atoms with E-state index in [2.05, 4.69) is 42.2 Å². The third-order valence-electron chi connectivity index (χ3n) is 4.11. The molecule has 23 heavy (non-hydrogen) atoms. The molecular weight excluding hydrogens is 284 g/mol. The van der Waals surface area contributed by atoms with Crippen molar-refractivity contribution in [2.24, 2.45) is 0 Å². The SMILES string of the molecule is CCc1cc(C(C#N)Cc2cccc(N(C)C)c2)ccc1OC. The standard InChI is InChI=1S/C20H24N2O/c1-5-16-13-17(9-10-20(16)23-4)18(14-21)11-15-7-6-8-19(12-15)22(2)3/h6-10,12-13,18H,5,11H2,1-4H3. The minimum Gasteiger partial charge on any atom is -0.496 e. The zero-order valence-corrected chi connectivity index (χ0v) is 14.3. The topological polar surface area (TPSA) is 36.3 Å². The number of anilines is 1. The van der Waals surface area contributed by atoms with Gasteiger partial charge in [0.05, 0.1) is 19.1 Å². The monoisotopic (exact) mass is 308 g/mol. The molecule has 0 amide bonds. The molecule has 0 aliphatic rings. The summed E-state index contributed by atoms with van der Waals surface area (Å²) in [5.41, 5.74) is 4.53. The molecule has 0 aromatic heterocycles. The summed E-state index contributed by atoms with van der Waals surface area (Å²) in [4.78, 5) is 2.08. The minimum absolute atomic E-state index is 0.149. The van der Waals surface area contributed by atoms with Crippen molar-refractivity contribution in [2.45, 2.75) is 25.7 Å². The zero-order chi connectivity index (χ0) is 16.8. The van der Waals surface area contributed by atoms with Crippen molar-refractivity contribution in [1.82, 2.24) is 0 Å². The first-order valence-electron chi connectivity index (χ1n) is 7.91. The molecule has 0 heterocycles. The summed E-state index contributed by atoms with van der Waals surface area (Å²) >= 11 is 0. The molecule has 0 aliphatic carbocycles. The number of nitrogens with zero attached hydrogens (tertiary/aromatic N) is 2. The van der Waals surface area contributed by atoms with Crippen LogP contribution in [0.1, 0.15) is 29.5 Å². The molecule has 1 unspecified atom stereocenters. The number of methoxy groups -OCH3 is 1. The molecule has 0 N–H and O–H groups in total. The van der Waals surface area contributed by atoms with Crippen LogP contribution in [-0.4, -0.2) is 21.2 Å². The molecule has 0 spiro atoms. The summed E-state index contributed by atoms with van der Waals surface area (Å²) < 4.78 is 5.38. The fraction of sp³-hybridized carbons (Fsp3) is 0.350. The van der Waals surface area contributed by atoms with Crippen molar-refractivity contribution in [2.75, 3.05) is 26.1 Å². The van der Waals surface area contributed by atoms with E-state index < -0.39 is 0 Å². The van der Waals surface area contributed by atoms with Crippen molar-refractivity contribution in [1.29, 1.82) is 5.26 Å². The quantitative estimate of drug-likeness (QED) is 0.803. The van der Waals surface area contributed by atoms with Gasteiger partial charge in [-0.2, -0.15) is 5.26 Å². The van der Waals surface area contributed by atoms with Crippen LogP contribution in [0, 0.1) is 11.3 Å². The number of rotatable bonds is 6. The van der Waals surface area contributed by atoms with Crippen LogP contribution in [0.15, 0.2) is 42.5 Å². The minimum atomic E-state index is -0.149. The number of hydrogen-bond donors (Lipinski definition) is 0. The molecule has 2 aromatic rings. The molecular formula is C20H24N2O. The lowest BCUT2D eigenvalue weighted by molar-refractivity contribution is 0.410. The summed E-state index contributed by atoms with van der Waals surface area (Å²) in [5, 5.41) is 9.62. The Bertz CT molecular complexity index is 701. The van der Waals surface area contributed by atoms with Crippen LogP contribution in [0.4, 0.5) is 5.69 Å². The molecule has 3 nitrogen and oxygen atoms in total. The van der Waals surface area contributed by atoms with Crippen molar-refractivity contribution in [3.05, 3.63) is 59.2 Å². The van der Waals surface area contributed by atoms with Gasteiger partial charge in [0.25, 0.3) is 0 Å². The Morgan fingerprint density at radius 1 is 1.17 bits per heavy atom. The highest BCUT2D eigenvalue weighted by molar-refractivity contribution is 5.48. The third-order valence-corrected chi connectivity index (χ3v) is 4.11.